The highest BCUT2D eigenvalue weighted by Gasteiger charge is 2.45. The average Bonchev–Trinajstić information content (AvgIpc) is 2.59. The van der Waals surface area contributed by atoms with Crippen molar-refractivity contribution in [2.75, 3.05) is 6.61 Å². The minimum atomic E-state index is -1.98. The molecule has 26 heavy (non-hydrogen) atoms. The fraction of sp³-hybridized carbons (Fsp3) is 0.682. The summed E-state index contributed by atoms with van der Waals surface area (Å²) in [6.07, 6.45) is -0.770. The number of hydrogen-bond acceptors (Lipinski definition) is 3. The van der Waals surface area contributed by atoms with Gasteiger partial charge in [-0.3, -0.25) is 4.79 Å². The summed E-state index contributed by atoms with van der Waals surface area (Å²) in [4.78, 5) is 12.9. The van der Waals surface area contributed by atoms with Gasteiger partial charge in [0.1, 0.15) is 5.78 Å². The molecular formula is C22H38O3Si. The Labute approximate surface area is 161 Å². The van der Waals surface area contributed by atoms with Crippen LogP contribution < -0.4 is 0 Å². The average molecular weight is 379 g/mol. The zero-order chi connectivity index (χ0) is 20.1. The van der Waals surface area contributed by atoms with E-state index in [9.17, 15) is 9.90 Å². The summed E-state index contributed by atoms with van der Waals surface area (Å²) in [6.45, 7) is 17.7. The standard InChI is InChI=1S/C22H38O3Si/c1-15(2)26(16(3)4,17(5)6)25-14-18(7)21(23)19(8)22(24)20-12-10-9-11-13-20/h9-13,15-19,22,24H,14H2,1-8H3/t18-,19-,22+/m0/s1. The van der Waals surface area contributed by atoms with Gasteiger partial charge in [0.15, 0.2) is 8.32 Å². The molecule has 0 fully saturated rings. The molecule has 0 aromatic heterocycles. The Bertz CT molecular complexity index is 532. The number of ketones is 1. The number of carbonyl (C=O) groups excluding carboxylic acids is 1. The van der Waals surface area contributed by atoms with Crippen LogP contribution in [0.15, 0.2) is 30.3 Å². The third-order valence-electron chi connectivity index (χ3n) is 5.84. The van der Waals surface area contributed by atoms with Crippen LogP contribution in [-0.4, -0.2) is 25.8 Å². The monoisotopic (exact) mass is 378 g/mol. The van der Waals surface area contributed by atoms with Gasteiger partial charge in [-0.1, -0.05) is 85.7 Å². The maximum Gasteiger partial charge on any atom is 0.200 e. The van der Waals surface area contributed by atoms with Crippen molar-refractivity contribution in [1.82, 2.24) is 0 Å². The molecule has 3 atom stereocenters. The van der Waals surface area contributed by atoms with Gasteiger partial charge in [-0.25, -0.2) is 0 Å². The Kier molecular flexibility index (Phi) is 8.71. The molecule has 0 aliphatic carbocycles. The van der Waals surface area contributed by atoms with Crippen molar-refractivity contribution in [3.63, 3.8) is 0 Å². The summed E-state index contributed by atoms with van der Waals surface area (Å²) in [5.41, 5.74) is 2.28. The van der Waals surface area contributed by atoms with Crippen molar-refractivity contribution in [3.8, 4) is 0 Å². The second-order valence-corrected chi connectivity index (χ2v) is 14.0. The van der Waals surface area contributed by atoms with Crippen LogP contribution in [0, 0.1) is 11.8 Å². The van der Waals surface area contributed by atoms with Crippen molar-refractivity contribution in [2.45, 2.75) is 78.1 Å². The van der Waals surface area contributed by atoms with Crippen LogP contribution in [0.3, 0.4) is 0 Å². The molecule has 0 spiro atoms. The fourth-order valence-corrected chi connectivity index (χ4v) is 9.93. The molecule has 0 saturated heterocycles. The van der Waals surface area contributed by atoms with Crippen LogP contribution in [0.1, 0.15) is 67.1 Å². The number of carbonyl (C=O) groups is 1. The van der Waals surface area contributed by atoms with Gasteiger partial charge in [0, 0.05) is 18.4 Å². The predicted octanol–water partition coefficient (Wildman–Crippen LogP) is 5.75. The number of aliphatic hydroxyl groups is 1. The fourth-order valence-electron chi connectivity index (χ4n) is 4.39. The summed E-state index contributed by atoms with van der Waals surface area (Å²) in [5.74, 6) is -0.587. The van der Waals surface area contributed by atoms with Crippen LogP contribution >= 0.6 is 0 Å². The highest BCUT2D eigenvalue weighted by Crippen LogP contribution is 2.42. The zero-order valence-electron chi connectivity index (χ0n) is 17.8. The highest BCUT2D eigenvalue weighted by atomic mass is 28.4. The molecule has 148 valence electrons. The minimum Gasteiger partial charge on any atom is -0.415 e. The maximum atomic E-state index is 12.9. The van der Waals surface area contributed by atoms with E-state index in [0.717, 1.165) is 5.56 Å². The lowest BCUT2D eigenvalue weighted by molar-refractivity contribution is -0.130. The molecule has 0 saturated carbocycles. The van der Waals surface area contributed by atoms with Crippen LogP contribution in [0.2, 0.25) is 16.6 Å². The highest BCUT2D eigenvalue weighted by molar-refractivity contribution is 6.77. The molecule has 1 aromatic carbocycles. The second-order valence-electron chi connectivity index (χ2n) is 8.58. The first kappa shape index (κ1) is 23.1. The molecule has 0 aliphatic rings. The van der Waals surface area contributed by atoms with Crippen LogP contribution in [0.25, 0.3) is 0 Å². The summed E-state index contributed by atoms with van der Waals surface area (Å²) >= 11 is 0. The Balaban J connectivity index is 2.82. The maximum absolute atomic E-state index is 12.9. The van der Waals surface area contributed by atoms with Gasteiger partial charge in [0.25, 0.3) is 0 Å². The van der Waals surface area contributed by atoms with Crippen molar-refractivity contribution < 1.29 is 14.3 Å². The molecule has 0 radical (unpaired) electrons. The molecule has 1 aromatic rings. The molecule has 0 bridgehead atoms. The summed E-state index contributed by atoms with van der Waals surface area (Å²) in [7, 11) is -1.98. The van der Waals surface area contributed by atoms with E-state index < -0.39 is 20.3 Å². The zero-order valence-corrected chi connectivity index (χ0v) is 18.8. The Morgan fingerprint density at radius 1 is 0.923 bits per heavy atom. The van der Waals surface area contributed by atoms with E-state index in [0.29, 0.717) is 23.2 Å². The van der Waals surface area contributed by atoms with E-state index in [1.165, 1.54) is 0 Å². The van der Waals surface area contributed by atoms with E-state index in [1.54, 1.807) is 0 Å². The molecule has 0 aliphatic heterocycles. The lowest BCUT2D eigenvalue weighted by atomic mass is 9.88. The van der Waals surface area contributed by atoms with E-state index in [4.69, 9.17) is 4.43 Å². The largest absolute Gasteiger partial charge is 0.415 e. The van der Waals surface area contributed by atoms with E-state index in [1.807, 2.05) is 44.2 Å². The van der Waals surface area contributed by atoms with Gasteiger partial charge >= 0.3 is 0 Å². The molecule has 1 rings (SSSR count). The summed E-state index contributed by atoms with van der Waals surface area (Å²) in [6, 6.07) is 9.41. The van der Waals surface area contributed by atoms with Gasteiger partial charge in [0.2, 0.25) is 0 Å². The van der Waals surface area contributed by atoms with Gasteiger partial charge in [-0.2, -0.15) is 0 Å². The van der Waals surface area contributed by atoms with Gasteiger partial charge < -0.3 is 9.53 Å². The van der Waals surface area contributed by atoms with Gasteiger partial charge in [-0.05, 0) is 22.2 Å². The number of hydrogen-bond donors (Lipinski definition) is 1. The number of Topliss-reactive ketones (excluding diaryl/α,β-unsaturated/α-hetero) is 1. The molecule has 0 unspecified atom stereocenters. The van der Waals surface area contributed by atoms with E-state index in [-0.39, 0.29) is 11.7 Å². The second kappa shape index (κ2) is 9.82. The summed E-state index contributed by atoms with van der Waals surface area (Å²) in [5, 5.41) is 10.5. The van der Waals surface area contributed by atoms with Crippen LogP contribution in [0.4, 0.5) is 0 Å². The first-order valence-corrected chi connectivity index (χ1v) is 12.1. The van der Waals surface area contributed by atoms with E-state index >= 15 is 0 Å². The summed E-state index contributed by atoms with van der Waals surface area (Å²) < 4.78 is 6.57. The quantitative estimate of drug-likeness (QED) is 0.527. The third-order valence-corrected chi connectivity index (χ3v) is 11.9. The topological polar surface area (TPSA) is 46.5 Å². The van der Waals surface area contributed by atoms with Gasteiger partial charge in [-0.15, -0.1) is 0 Å². The molecular weight excluding hydrogens is 340 g/mol. The van der Waals surface area contributed by atoms with Crippen molar-refractivity contribution in [1.29, 1.82) is 0 Å². The normalized spacial score (nSPS) is 16.2. The van der Waals surface area contributed by atoms with Crippen LogP contribution in [0.5, 0.6) is 0 Å². The lowest BCUT2D eigenvalue weighted by Gasteiger charge is -2.42. The predicted molar refractivity (Wildman–Crippen MR) is 112 cm³/mol. The lowest BCUT2D eigenvalue weighted by Crippen LogP contribution is -2.49. The molecule has 0 heterocycles. The Hall–Kier alpha value is -0.973. The molecule has 0 amide bonds. The number of benzene rings is 1. The first-order chi connectivity index (χ1) is 12.1. The number of aliphatic hydroxyl groups excluding tert-OH is 1. The molecule has 4 heteroatoms. The van der Waals surface area contributed by atoms with Crippen molar-refractivity contribution in [3.05, 3.63) is 35.9 Å². The van der Waals surface area contributed by atoms with Crippen molar-refractivity contribution in [2.24, 2.45) is 11.8 Å². The van der Waals surface area contributed by atoms with E-state index in [2.05, 4.69) is 41.5 Å². The SMILES string of the molecule is CC(C)[Si](OC[C@H](C)C(=O)[C@H](C)[C@@H](O)c1ccccc1)(C(C)C)C(C)C. The van der Waals surface area contributed by atoms with Gasteiger partial charge in [0.05, 0.1) is 6.10 Å². The first-order valence-electron chi connectivity index (χ1n) is 9.96. The van der Waals surface area contributed by atoms with Crippen molar-refractivity contribution >= 4 is 14.1 Å². The Morgan fingerprint density at radius 3 is 1.81 bits per heavy atom. The molecule has 1 N–H and O–H groups in total. The number of rotatable bonds is 10. The third kappa shape index (κ3) is 5.05. The Morgan fingerprint density at radius 2 is 1.38 bits per heavy atom. The minimum absolute atomic E-state index is 0.0699. The van der Waals surface area contributed by atoms with Crippen LogP contribution in [-0.2, 0) is 9.22 Å². The molecule has 3 nitrogen and oxygen atoms in total. The smallest absolute Gasteiger partial charge is 0.200 e.